The predicted molar refractivity (Wildman–Crippen MR) is 131 cm³/mol. The summed E-state index contributed by atoms with van der Waals surface area (Å²) in [7, 11) is 1.47. The van der Waals surface area contributed by atoms with Crippen molar-refractivity contribution >= 4 is 39.3 Å². The van der Waals surface area contributed by atoms with Crippen LogP contribution in [0.15, 0.2) is 67.7 Å². The van der Waals surface area contributed by atoms with Crippen molar-refractivity contribution in [3.63, 3.8) is 0 Å². The highest BCUT2D eigenvalue weighted by atomic mass is 79.9. The van der Waals surface area contributed by atoms with Crippen molar-refractivity contribution in [2.75, 3.05) is 12.0 Å². The number of aryl methyl sites for hydroxylation is 1. The molecule has 12 heteroatoms. The molecule has 0 spiro atoms. The molecule has 0 saturated heterocycles. The Morgan fingerprint density at radius 2 is 2.03 bits per heavy atom. The molecule has 4 aromatic rings. The number of ether oxygens (including phenoxy) is 1. The number of hydrogen-bond acceptors (Lipinski definition) is 8. The van der Waals surface area contributed by atoms with Gasteiger partial charge in [0.1, 0.15) is 24.2 Å². The van der Waals surface area contributed by atoms with Crippen LogP contribution in [0.3, 0.4) is 0 Å². The second-order valence-corrected chi connectivity index (χ2v) is 8.30. The summed E-state index contributed by atoms with van der Waals surface area (Å²) in [5.74, 6) is 0.731. The number of hydrogen-bond donors (Lipinski definition) is 4. The van der Waals surface area contributed by atoms with Gasteiger partial charge in [0, 0.05) is 17.1 Å². The van der Waals surface area contributed by atoms with Crippen LogP contribution in [0.1, 0.15) is 5.56 Å². The number of rotatable bonds is 8. The Morgan fingerprint density at radius 1 is 1.26 bits per heavy atom. The highest BCUT2D eigenvalue weighted by Gasteiger charge is 2.20. The van der Waals surface area contributed by atoms with Crippen molar-refractivity contribution in [2.45, 2.75) is 12.6 Å². The van der Waals surface area contributed by atoms with E-state index in [1.807, 2.05) is 18.2 Å². The first kappa shape index (κ1) is 23.3. The van der Waals surface area contributed by atoms with Crippen LogP contribution in [-0.2, 0) is 13.6 Å². The molecular formula is C22H21BrN6O5. The predicted octanol–water partition coefficient (Wildman–Crippen LogP) is 1.78. The van der Waals surface area contributed by atoms with Gasteiger partial charge < -0.3 is 19.5 Å². The third-order valence-electron chi connectivity index (χ3n) is 4.94. The van der Waals surface area contributed by atoms with Crippen molar-refractivity contribution < 1.29 is 14.9 Å². The van der Waals surface area contributed by atoms with Crippen LogP contribution in [0.5, 0.6) is 11.5 Å². The maximum absolute atomic E-state index is 12.6. The molecular weight excluding hydrogens is 508 g/mol. The van der Waals surface area contributed by atoms with E-state index < -0.39 is 17.4 Å². The molecule has 0 amide bonds. The SMILES string of the molecule is Cn1c(=O)[nH]c(=O)c2c1nc(NN=Cc1cc(Br)ccc1O)n2C[C@H](O)COc1ccccc1. The maximum Gasteiger partial charge on any atom is 0.329 e. The van der Waals surface area contributed by atoms with E-state index in [-0.39, 0.29) is 36.0 Å². The number of benzene rings is 2. The lowest BCUT2D eigenvalue weighted by atomic mass is 10.2. The molecule has 34 heavy (non-hydrogen) atoms. The minimum Gasteiger partial charge on any atom is -0.507 e. The number of aromatic nitrogens is 4. The number of aliphatic hydroxyl groups is 1. The normalized spacial score (nSPS) is 12.3. The molecule has 2 aromatic carbocycles. The molecule has 1 atom stereocenters. The van der Waals surface area contributed by atoms with Crippen molar-refractivity contribution in [2.24, 2.45) is 12.1 Å². The van der Waals surface area contributed by atoms with Crippen LogP contribution in [0.2, 0.25) is 0 Å². The molecule has 0 aliphatic rings. The minimum atomic E-state index is -1.01. The molecule has 2 heterocycles. The van der Waals surface area contributed by atoms with Gasteiger partial charge in [-0.2, -0.15) is 10.1 Å². The third-order valence-corrected chi connectivity index (χ3v) is 5.44. The average Bonchev–Trinajstić information content (AvgIpc) is 3.18. The van der Waals surface area contributed by atoms with E-state index in [0.717, 1.165) is 4.47 Å². The summed E-state index contributed by atoms with van der Waals surface area (Å²) in [6.45, 7) is -0.105. The quantitative estimate of drug-likeness (QED) is 0.201. The number of phenolic OH excluding ortho intramolecular Hbond substituents is 1. The van der Waals surface area contributed by atoms with Crippen molar-refractivity contribution in [1.29, 1.82) is 0 Å². The molecule has 176 valence electrons. The Bertz CT molecular complexity index is 1460. The van der Waals surface area contributed by atoms with Crippen LogP contribution in [0.25, 0.3) is 11.2 Å². The van der Waals surface area contributed by atoms with E-state index in [9.17, 15) is 19.8 Å². The summed E-state index contributed by atoms with van der Waals surface area (Å²) in [5.41, 5.74) is 2.10. The number of halogens is 1. The Kier molecular flexibility index (Phi) is 6.80. The van der Waals surface area contributed by atoms with Gasteiger partial charge in [0.05, 0.1) is 12.8 Å². The number of phenols is 1. The summed E-state index contributed by atoms with van der Waals surface area (Å²) in [6.07, 6.45) is 0.370. The largest absolute Gasteiger partial charge is 0.507 e. The first-order valence-corrected chi connectivity index (χ1v) is 11.0. The molecule has 11 nitrogen and oxygen atoms in total. The Morgan fingerprint density at radius 3 is 2.79 bits per heavy atom. The third kappa shape index (κ3) is 5.02. The second kappa shape index (κ2) is 9.93. The van der Waals surface area contributed by atoms with Gasteiger partial charge in [-0.3, -0.25) is 14.3 Å². The van der Waals surface area contributed by atoms with Crippen LogP contribution < -0.4 is 21.4 Å². The van der Waals surface area contributed by atoms with Crippen LogP contribution in [-0.4, -0.2) is 48.2 Å². The Balaban J connectivity index is 1.64. The maximum atomic E-state index is 12.6. The summed E-state index contributed by atoms with van der Waals surface area (Å²) in [5, 5.41) is 24.7. The molecule has 2 aromatic heterocycles. The number of aromatic hydroxyl groups is 1. The average molecular weight is 529 g/mol. The number of fused-ring (bicyclic) bond motifs is 1. The number of H-pyrrole nitrogens is 1. The lowest BCUT2D eigenvalue weighted by Gasteiger charge is -2.15. The molecule has 0 bridgehead atoms. The minimum absolute atomic E-state index is 0.0228. The number of anilines is 1. The number of hydrazone groups is 1. The van der Waals surface area contributed by atoms with E-state index in [1.54, 1.807) is 24.3 Å². The molecule has 0 unspecified atom stereocenters. The number of para-hydroxylation sites is 1. The monoisotopic (exact) mass is 528 g/mol. The number of aliphatic hydroxyl groups excluding tert-OH is 1. The standard InChI is InChI=1S/C22H21BrN6O5/c1-28-19-18(20(32)26-22(28)33)29(11-15(30)12-34-16-5-3-2-4-6-16)21(25-19)27-24-10-13-9-14(23)7-8-17(13)31/h2-10,15,30-31H,11-12H2,1H3,(H,25,27)(H,26,32,33)/t15-/m0/s1. The summed E-state index contributed by atoms with van der Waals surface area (Å²) >= 11 is 3.33. The summed E-state index contributed by atoms with van der Waals surface area (Å²) in [4.78, 5) is 31.2. The molecule has 4 rings (SSSR count). The highest BCUT2D eigenvalue weighted by molar-refractivity contribution is 9.10. The Labute approximate surface area is 201 Å². The molecule has 0 aliphatic carbocycles. The fraction of sp³-hybridized carbons (Fsp3) is 0.182. The zero-order valence-electron chi connectivity index (χ0n) is 18.0. The zero-order chi connectivity index (χ0) is 24.2. The topological polar surface area (TPSA) is 147 Å². The van der Waals surface area contributed by atoms with E-state index >= 15 is 0 Å². The smallest absolute Gasteiger partial charge is 0.329 e. The molecule has 0 radical (unpaired) electrons. The van der Waals surface area contributed by atoms with Crippen molar-refractivity contribution in [1.82, 2.24) is 19.1 Å². The first-order chi connectivity index (χ1) is 16.3. The molecule has 0 aliphatic heterocycles. The van der Waals surface area contributed by atoms with Gasteiger partial charge in [0.25, 0.3) is 5.56 Å². The van der Waals surface area contributed by atoms with Crippen molar-refractivity contribution in [3.05, 3.63) is 79.4 Å². The highest BCUT2D eigenvalue weighted by Crippen LogP contribution is 2.21. The van der Waals surface area contributed by atoms with Gasteiger partial charge in [-0.05, 0) is 30.3 Å². The lowest BCUT2D eigenvalue weighted by molar-refractivity contribution is 0.0938. The summed E-state index contributed by atoms with van der Waals surface area (Å²) < 4.78 is 8.96. The van der Waals surface area contributed by atoms with Gasteiger partial charge in [0.15, 0.2) is 11.2 Å². The van der Waals surface area contributed by atoms with E-state index in [2.05, 4.69) is 36.4 Å². The van der Waals surface area contributed by atoms with Crippen LogP contribution >= 0.6 is 15.9 Å². The zero-order valence-corrected chi connectivity index (χ0v) is 19.6. The fourth-order valence-corrected chi connectivity index (χ4v) is 3.64. The molecule has 0 saturated carbocycles. The number of aromatic amines is 1. The molecule has 4 N–H and O–H groups in total. The number of nitrogens with one attached hydrogen (secondary N) is 2. The van der Waals surface area contributed by atoms with Gasteiger partial charge >= 0.3 is 5.69 Å². The van der Waals surface area contributed by atoms with Gasteiger partial charge in [-0.15, -0.1) is 0 Å². The van der Waals surface area contributed by atoms with E-state index in [0.29, 0.717) is 11.3 Å². The molecule has 0 fully saturated rings. The van der Waals surface area contributed by atoms with Crippen molar-refractivity contribution in [3.8, 4) is 11.5 Å². The lowest BCUT2D eigenvalue weighted by Crippen LogP contribution is -2.30. The second-order valence-electron chi connectivity index (χ2n) is 7.39. The van der Waals surface area contributed by atoms with E-state index in [4.69, 9.17) is 4.74 Å². The van der Waals surface area contributed by atoms with Gasteiger partial charge in [-0.1, -0.05) is 34.1 Å². The van der Waals surface area contributed by atoms with Crippen LogP contribution in [0, 0.1) is 0 Å². The Hall–Kier alpha value is -3.90. The van der Waals surface area contributed by atoms with E-state index in [1.165, 1.54) is 28.5 Å². The number of nitrogens with zero attached hydrogens (tertiary/aromatic N) is 4. The van der Waals surface area contributed by atoms with Gasteiger partial charge in [0.2, 0.25) is 5.95 Å². The number of imidazole rings is 1. The fourth-order valence-electron chi connectivity index (χ4n) is 3.26. The van der Waals surface area contributed by atoms with Crippen LogP contribution in [0.4, 0.5) is 5.95 Å². The van der Waals surface area contributed by atoms with Gasteiger partial charge in [-0.25, -0.2) is 10.2 Å². The summed E-state index contributed by atoms with van der Waals surface area (Å²) in [6, 6.07) is 13.9. The first-order valence-electron chi connectivity index (χ1n) is 10.2.